The van der Waals surface area contributed by atoms with Crippen LogP contribution in [-0.2, 0) is 0 Å². The highest BCUT2D eigenvalue weighted by Crippen LogP contribution is 2.08. The molecule has 0 amide bonds. The van der Waals surface area contributed by atoms with Crippen LogP contribution >= 0.6 is 0 Å². The van der Waals surface area contributed by atoms with Gasteiger partial charge < -0.3 is 5.01 Å². The average Bonchev–Trinajstić information content (AvgIpc) is 2.38. The third kappa shape index (κ3) is 2.18. The van der Waals surface area contributed by atoms with E-state index in [0.29, 0.717) is 18.7 Å². The summed E-state index contributed by atoms with van der Waals surface area (Å²) >= 11 is 0. The van der Waals surface area contributed by atoms with E-state index in [1.165, 1.54) is 0 Å². The zero-order chi connectivity index (χ0) is 13.0. The lowest BCUT2D eigenvalue weighted by atomic mass is 10.3. The van der Waals surface area contributed by atoms with Crippen LogP contribution in [0.2, 0.25) is 0 Å². The SMILES string of the molecule is C=CCN(CC=C)n1c(=O)ccc2cccnc21. The van der Waals surface area contributed by atoms with Gasteiger partial charge in [0.15, 0.2) is 5.65 Å². The van der Waals surface area contributed by atoms with E-state index in [1.54, 1.807) is 35.2 Å². The summed E-state index contributed by atoms with van der Waals surface area (Å²) < 4.78 is 1.57. The van der Waals surface area contributed by atoms with Gasteiger partial charge in [0.1, 0.15) is 0 Å². The highest BCUT2D eigenvalue weighted by atomic mass is 16.1. The van der Waals surface area contributed by atoms with Gasteiger partial charge >= 0.3 is 0 Å². The lowest BCUT2D eigenvalue weighted by Crippen LogP contribution is -2.42. The van der Waals surface area contributed by atoms with Gasteiger partial charge in [-0.3, -0.25) is 4.79 Å². The van der Waals surface area contributed by atoms with E-state index in [1.807, 2.05) is 17.1 Å². The second-order valence-electron chi connectivity index (χ2n) is 3.85. The van der Waals surface area contributed by atoms with Gasteiger partial charge in [-0.25, -0.2) is 9.66 Å². The molecule has 0 aliphatic heterocycles. The smallest absolute Gasteiger partial charge is 0.270 e. The predicted octanol–water partition coefficient (Wildman–Crippen LogP) is 1.71. The molecule has 0 aliphatic rings. The van der Waals surface area contributed by atoms with E-state index in [4.69, 9.17) is 0 Å². The Morgan fingerprint density at radius 2 is 1.94 bits per heavy atom. The third-order valence-electron chi connectivity index (χ3n) is 2.59. The molecule has 0 saturated carbocycles. The maximum Gasteiger partial charge on any atom is 0.270 e. The zero-order valence-corrected chi connectivity index (χ0v) is 10.1. The summed E-state index contributed by atoms with van der Waals surface area (Å²) in [4.78, 5) is 16.3. The Morgan fingerprint density at radius 3 is 2.61 bits per heavy atom. The lowest BCUT2D eigenvalue weighted by molar-refractivity contribution is 0.652. The van der Waals surface area contributed by atoms with E-state index >= 15 is 0 Å². The van der Waals surface area contributed by atoms with Gasteiger partial charge in [0.25, 0.3) is 5.56 Å². The Labute approximate surface area is 105 Å². The van der Waals surface area contributed by atoms with Crippen molar-refractivity contribution in [1.82, 2.24) is 9.66 Å². The molecular weight excluding hydrogens is 226 g/mol. The number of rotatable bonds is 5. The molecule has 0 saturated heterocycles. The average molecular weight is 241 g/mol. The van der Waals surface area contributed by atoms with Gasteiger partial charge in [0.05, 0.1) is 13.1 Å². The number of hydrogen-bond donors (Lipinski definition) is 0. The maximum atomic E-state index is 12.0. The highest BCUT2D eigenvalue weighted by molar-refractivity contribution is 5.74. The summed E-state index contributed by atoms with van der Waals surface area (Å²) in [5, 5.41) is 2.77. The van der Waals surface area contributed by atoms with Crippen LogP contribution in [0.3, 0.4) is 0 Å². The minimum atomic E-state index is -0.107. The highest BCUT2D eigenvalue weighted by Gasteiger charge is 2.09. The van der Waals surface area contributed by atoms with Gasteiger partial charge in [-0.15, -0.1) is 13.2 Å². The fourth-order valence-corrected chi connectivity index (χ4v) is 1.86. The molecule has 0 radical (unpaired) electrons. The van der Waals surface area contributed by atoms with Crippen molar-refractivity contribution in [3.8, 4) is 0 Å². The molecule has 0 aromatic carbocycles. The number of hydrogen-bond acceptors (Lipinski definition) is 3. The standard InChI is InChI=1S/C14H15N3O/c1-3-10-16(11-4-2)17-13(18)8-7-12-6-5-9-15-14(12)17/h3-9H,1-2,10-11H2. The van der Waals surface area contributed by atoms with E-state index in [2.05, 4.69) is 18.1 Å². The van der Waals surface area contributed by atoms with Gasteiger partial charge in [0, 0.05) is 17.6 Å². The van der Waals surface area contributed by atoms with Gasteiger partial charge in [0.2, 0.25) is 0 Å². The number of pyridine rings is 2. The zero-order valence-electron chi connectivity index (χ0n) is 10.1. The van der Waals surface area contributed by atoms with Crippen molar-refractivity contribution in [2.24, 2.45) is 0 Å². The van der Waals surface area contributed by atoms with E-state index in [0.717, 1.165) is 5.39 Å². The summed E-state index contributed by atoms with van der Waals surface area (Å²) in [6, 6.07) is 7.10. The summed E-state index contributed by atoms with van der Waals surface area (Å²) in [6.45, 7) is 8.53. The molecule has 0 fully saturated rings. The third-order valence-corrected chi connectivity index (χ3v) is 2.59. The Kier molecular flexibility index (Phi) is 3.57. The molecule has 18 heavy (non-hydrogen) atoms. The quantitative estimate of drug-likeness (QED) is 0.748. The molecule has 0 N–H and O–H groups in total. The maximum absolute atomic E-state index is 12.0. The first-order valence-corrected chi connectivity index (χ1v) is 5.71. The van der Waals surface area contributed by atoms with E-state index in [9.17, 15) is 4.79 Å². The number of aromatic nitrogens is 2. The molecule has 0 atom stereocenters. The largest absolute Gasteiger partial charge is 0.301 e. The molecular formula is C14H15N3O. The fraction of sp³-hybridized carbons (Fsp3) is 0.143. The molecule has 2 aromatic heterocycles. The monoisotopic (exact) mass is 241 g/mol. The van der Waals surface area contributed by atoms with Crippen LogP contribution in [0.1, 0.15) is 0 Å². The van der Waals surface area contributed by atoms with Crippen molar-refractivity contribution in [2.75, 3.05) is 18.1 Å². The molecule has 0 unspecified atom stereocenters. The van der Waals surface area contributed by atoms with Gasteiger partial charge in [-0.05, 0) is 18.2 Å². The lowest BCUT2D eigenvalue weighted by Gasteiger charge is -2.24. The summed E-state index contributed by atoms with van der Waals surface area (Å²) in [7, 11) is 0. The minimum Gasteiger partial charge on any atom is -0.301 e. The van der Waals surface area contributed by atoms with Crippen molar-refractivity contribution in [1.29, 1.82) is 0 Å². The molecule has 2 aromatic rings. The van der Waals surface area contributed by atoms with Crippen molar-refractivity contribution in [3.05, 3.63) is 66.1 Å². The Morgan fingerprint density at radius 1 is 1.22 bits per heavy atom. The Hall–Kier alpha value is -2.36. The topological polar surface area (TPSA) is 38.1 Å². The first-order chi connectivity index (χ1) is 8.77. The normalized spacial score (nSPS) is 10.2. The van der Waals surface area contributed by atoms with E-state index < -0.39 is 0 Å². The second-order valence-corrected chi connectivity index (χ2v) is 3.85. The summed E-state index contributed by atoms with van der Waals surface area (Å²) in [6.07, 6.45) is 5.17. The number of fused-ring (bicyclic) bond motifs is 1. The molecule has 0 bridgehead atoms. The fourth-order valence-electron chi connectivity index (χ4n) is 1.86. The van der Waals surface area contributed by atoms with Crippen molar-refractivity contribution in [2.45, 2.75) is 0 Å². The van der Waals surface area contributed by atoms with Crippen LogP contribution in [0.5, 0.6) is 0 Å². The minimum absolute atomic E-state index is 0.107. The molecule has 4 heteroatoms. The van der Waals surface area contributed by atoms with Crippen LogP contribution < -0.4 is 10.6 Å². The molecule has 4 nitrogen and oxygen atoms in total. The second kappa shape index (κ2) is 5.31. The van der Waals surface area contributed by atoms with Crippen LogP contribution in [0.15, 0.2) is 60.6 Å². The van der Waals surface area contributed by atoms with Crippen molar-refractivity contribution >= 4 is 11.0 Å². The first kappa shape index (κ1) is 12.1. The molecule has 2 rings (SSSR count). The Bertz CT molecular complexity index is 620. The van der Waals surface area contributed by atoms with Crippen molar-refractivity contribution in [3.63, 3.8) is 0 Å². The molecule has 0 spiro atoms. The molecule has 2 heterocycles. The van der Waals surface area contributed by atoms with Crippen molar-refractivity contribution < 1.29 is 0 Å². The van der Waals surface area contributed by atoms with Crippen LogP contribution in [0.4, 0.5) is 0 Å². The molecule has 92 valence electrons. The number of nitrogens with zero attached hydrogens (tertiary/aromatic N) is 3. The molecule has 0 aliphatic carbocycles. The predicted molar refractivity (Wildman–Crippen MR) is 74.3 cm³/mol. The van der Waals surface area contributed by atoms with Crippen LogP contribution in [0.25, 0.3) is 11.0 Å². The van der Waals surface area contributed by atoms with Crippen LogP contribution in [-0.4, -0.2) is 22.7 Å². The van der Waals surface area contributed by atoms with Gasteiger partial charge in [-0.2, -0.15) is 0 Å². The van der Waals surface area contributed by atoms with Gasteiger partial charge in [-0.1, -0.05) is 12.2 Å². The first-order valence-electron chi connectivity index (χ1n) is 5.71. The summed E-state index contributed by atoms with van der Waals surface area (Å²) in [5.41, 5.74) is 0.540. The Balaban J connectivity index is 2.66. The summed E-state index contributed by atoms with van der Waals surface area (Å²) in [5.74, 6) is 0. The van der Waals surface area contributed by atoms with Crippen LogP contribution in [0, 0.1) is 0 Å². The van der Waals surface area contributed by atoms with E-state index in [-0.39, 0.29) is 5.56 Å².